The van der Waals surface area contributed by atoms with Crippen molar-refractivity contribution >= 4 is 11.5 Å². The van der Waals surface area contributed by atoms with E-state index in [0.717, 1.165) is 50.5 Å². The van der Waals surface area contributed by atoms with Gasteiger partial charge in [-0.25, -0.2) is 4.98 Å². The molecule has 1 aliphatic rings. The summed E-state index contributed by atoms with van der Waals surface area (Å²) in [6.45, 7) is 7.06. The number of anilines is 2. The maximum absolute atomic E-state index is 5.41. The predicted molar refractivity (Wildman–Crippen MR) is 75.1 cm³/mol. The molecule has 100 valence electrons. The average molecular weight is 249 g/mol. The molecular formula is C14H23N3O. The van der Waals surface area contributed by atoms with Gasteiger partial charge in [0.15, 0.2) is 0 Å². The second-order valence-electron chi connectivity index (χ2n) is 5.15. The predicted octanol–water partition coefficient (Wildman–Crippen LogP) is 2.88. The highest BCUT2D eigenvalue weighted by molar-refractivity contribution is 5.53. The zero-order valence-electron chi connectivity index (χ0n) is 11.3. The highest BCUT2D eigenvalue weighted by Gasteiger charge is 2.26. The smallest absolute Gasteiger partial charge is 0.127 e. The molecule has 0 aromatic carbocycles. The SMILES string of the molecule is CCCNc1cc(NC2(C)CCOCC2)ccn1. The van der Waals surface area contributed by atoms with Gasteiger partial charge in [0.1, 0.15) is 5.82 Å². The molecule has 1 aromatic heterocycles. The van der Waals surface area contributed by atoms with Crippen molar-refractivity contribution in [3.05, 3.63) is 18.3 Å². The van der Waals surface area contributed by atoms with E-state index in [2.05, 4.69) is 35.5 Å². The van der Waals surface area contributed by atoms with Crippen molar-refractivity contribution in [1.82, 2.24) is 4.98 Å². The lowest BCUT2D eigenvalue weighted by Crippen LogP contribution is -2.40. The van der Waals surface area contributed by atoms with Crippen LogP contribution < -0.4 is 10.6 Å². The summed E-state index contributed by atoms with van der Waals surface area (Å²) in [6, 6.07) is 4.11. The Bertz CT molecular complexity index is 375. The number of pyridine rings is 1. The molecule has 0 spiro atoms. The van der Waals surface area contributed by atoms with Gasteiger partial charge in [0.2, 0.25) is 0 Å². The van der Waals surface area contributed by atoms with Crippen molar-refractivity contribution in [3.63, 3.8) is 0 Å². The number of aromatic nitrogens is 1. The van der Waals surface area contributed by atoms with Crippen molar-refractivity contribution in [2.75, 3.05) is 30.4 Å². The fourth-order valence-corrected chi connectivity index (χ4v) is 2.15. The third kappa shape index (κ3) is 3.60. The summed E-state index contributed by atoms with van der Waals surface area (Å²) in [4.78, 5) is 4.32. The van der Waals surface area contributed by atoms with E-state index in [0.29, 0.717) is 0 Å². The van der Waals surface area contributed by atoms with Crippen LogP contribution in [0.25, 0.3) is 0 Å². The van der Waals surface area contributed by atoms with Crippen LogP contribution in [-0.2, 0) is 4.74 Å². The second-order valence-corrected chi connectivity index (χ2v) is 5.15. The Kier molecular flexibility index (Phi) is 4.42. The minimum atomic E-state index is 0.141. The largest absolute Gasteiger partial charge is 0.381 e. The summed E-state index contributed by atoms with van der Waals surface area (Å²) in [5.74, 6) is 0.942. The Labute approximate surface area is 109 Å². The van der Waals surface area contributed by atoms with Crippen LogP contribution in [0.5, 0.6) is 0 Å². The number of nitrogens with zero attached hydrogens (tertiary/aromatic N) is 1. The molecule has 2 N–H and O–H groups in total. The fourth-order valence-electron chi connectivity index (χ4n) is 2.15. The Morgan fingerprint density at radius 2 is 2.17 bits per heavy atom. The molecule has 1 aromatic rings. The molecule has 0 amide bonds. The summed E-state index contributed by atoms with van der Waals surface area (Å²) in [5, 5.41) is 6.92. The summed E-state index contributed by atoms with van der Waals surface area (Å²) in [6.07, 6.45) is 5.05. The molecule has 0 radical (unpaired) electrons. The molecule has 2 rings (SSSR count). The first-order chi connectivity index (χ1) is 8.72. The van der Waals surface area contributed by atoms with E-state index in [1.165, 1.54) is 0 Å². The monoisotopic (exact) mass is 249 g/mol. The maximum Gasteiger partial charge on any atom is 0.127 e. The number of rotatable bonds is 5. The molecule has 0 atom stereocenters. The van der Waals surface area contributed by atoms with E-state index in [9.17, 15) is 0 Å². The van der Waals surface area contributed by atoms with Crippen LogP contribution >= 0.6 is 0 Å². The summed E-state index contributed by atoms with van der Waals surface area (Å²) >= 11 is 0. The zero-order valence-corrected chi connectivity index (χ0v) is 11.3. The average Bonchev–Trinajstić information content (AvgIpc) is 2.37. The van der Waals surface area contributed by atoms with Gasteiger partial charge in [-0.2, -0.15) is 0 Å². The Hall–Kier alpha value is -1.29. The van der Waals surface area contributed by atoms with Gasteiger partial charge in [-0.05, 0) is 32.3 Å². The van der Waals surface area contributed by atoms with Gasteiger partial charge >= 0.3 is 0 Å². The lowest BCUT2D eigenvalue weighted by molar-refractivity contribution is 0.0658. The van der Waals surface area contributed by atoms with Gasteiger partial charge < -0.3 is 15.4 Å². The highest BCUT2D eigenvalue weighted by Crippen LogP contribution is 2.26. The molecule has 0 saturated carbocycles. The van der Waals surface area contributed by atoms with E-state index in [1.54, 1.807) is 0 Å². The highest BCUT2D eigenvalue weighted by atomic mass is 16.5. The molecule has 4 nitrogen and oxygen atoms in total. The molecule has 1 aliphatic heterocycles. The number of hydrogen-bond donors (Lipinski definition) is 2. The van der Waals surface area contributed by atoms with E-state index < -0.39 is 0 Å². The molecule has 0 unspecified atom stereocenters. The summed E-state index contributed by atoms with van der Waals surface area (Å²) in [5.41, 5.74) is 1.27. The third-order valence-electron chi connectivity index (χ3n) is 3.36. The first-order valence-corrected chi connectivity index (χ1v) is 6.78. The number of ether oxygens (including phenoxy) is 1. The van der Waals surface area contributed by atoms with E-state index in [4.69, 9.17) is 4.74 Å². The van der Waals surface area contributed by atoms with E-state index in [-0.39, 0.29) is 5.54 Å². The third-order valence-corrected chi connectivity index (χ3v) is 3.36. The van der Waals surface area contributed by atoms with Crippen LogP contribution in [0.4, 0.5) is 11.5 Å². The maximum atomic E-state index is 5.41. The van der Waals surface area contributed by atoms with Crippen molar-refractivity contribution in [3.8, 4) is 0 Å². The van der Waals surface area contributed by atoms with Crippen molar-refractivity contribution in [1.29, 1.82) is 0 Å². The van der Waals surface area contributed by atoms with Gasteiger partial charge in [0.25, 0.3) is 0 Å². The molecule has 1 saturated heterocycles. The van der Waals surface area contributed by atoms with E-state index in [1.807, 2.05) is 12.3 Å². The van der Waals surface area contributed by atoms with Crippen LogP contribution in [0.1, 0.15) is 33.1 Å². The first-order valence-electron chi connectivity index (χ1n) is 6.78. The van der Waals surface area contributed by atoms with Crippen LogP contribution in [0, 0.1) is 0 Å². The minimum absolute atomic E-state index is 0.141. The van der Waals surface area contributed by atoms with Crippen LogP contribution in [-0.4, -0.2) is 30.3 Å². The second kappa shape index (κ2) is 6.05. The quantitative estimate of drug-likeness (QED) is 0.842. The number of nitrogens with one attached hydrogen (secondary N) is 2. The van der Waals surface area contributed by atoms with Crippen molar-refractivity contribution in [2.24, 2.45) is 0 Å². The first kappa shape index (κ1) is 13.1. The standard InChI is InChI=1S/C14H23N3O/c1-3-7-15-13-11-12(4-8-16-13)17-14(2)5-9-18-10-6-14/h4,8,11H,3,5-7,9-10H2,1-2H3,(H2,15,16,17). The lowest BCUT2D eigenvalue weighted by atomic mass is 9.92. The fraction of sp³-hybridized carbons (Fsp3) is 0.643. The van der Waals surface area contributed by atoms with Gasteiger partial charge in [-0.1, -0.05) is 6.92 Å². The lowest BCUT2D eigenvalue weighted by Gasteiger charge is -2.35. The Balaban J connectivity index is 1.99. The Morgan fingerprint density at radius 3 is 2.89 bits per heavy atom. The zero-order chi connectivity index (χ0) is 12.8. The Morgan fingerprint density at radius 1 is 1.39 bits per heavy atom. The van der Waals surface area contributed by atoms with E-state index >= 15 is 0 Å². The van der Waals surface area contributed by atoms with Gasteiger partial charge in [-0.15, -0.1) is 0 Å². The normalized spacial score (nSPS) is 18.3. The molecule has 18 heavy (non-hydrogen) atoms. The van der Waals surface area contributed by atoms with Gasteiger partial charge in [-0.3, -0.25) is 0 Å². The van der Waals surface area contributed by atoms with Gasteiger partial charge in [0, 0.05) is 43.2 Å². The summed E-state index contributed by atoms with van der Waals surface area (Å²) in [7, 11) is 0. The summed E-state index contributed by atoms with van der Waals surface area (Å²) < 4.78 is 5.41. The van der Waals surface area contributed by atoms with Gasteiger partial charge in [0.05, 0.1) is 0 Å². The molecule has 0 bridgehead atoms. The molecular weight excluding hydrogens is 226 g/mol. The minimum Gasteiger partial charge on any atom is -0.381 e. The molecule has 4 heteroatoms. The molecule has 1 fully saturated rings. The van der Waals surface area contributed by atoms with Crippen LogP contribution in [0.15, 0.2) is 18.3 Å². The van der Waals surface area contributed by atoms with Crippen molar-refractivity contribution < 1.29 is 4.74 Å². The topological polar surface area (TPSA) is 46.2 Å². The van der Waals surface area contributed by atoms with Crippen LogP contribution in [0.3, 0.4) is 0 Å². The molecule has 2 heterocycles. The van der Waals surface area contributed by atoms with Crippen LogP contribution in [0.2, 0.25) is 0 Å². The number of hydrogen-bond acceptors (Lipinski definition) is 4. The van der Waals surface area contributed by atoms with Crippen molar-refractivity contribution in [2.45, 2.75) is 38.6 Å². The molecule has 0 aliphatic carbocycles.